The van der Waals surface area contributed by atoms with Gasteiger partial charge in [0.15, 0.2) is 6.04 Å². The highest BCUT2D eigenvalue weighted by atomic mass is 16.5. The minimum atomic E-state index is -1.08. The van der Waals surface area contributed by atoms with Gasteiger partial charge in [-0.25, -0.2) is 4.79 Å². The van der Waals surface area contributed by atoms with Crippen molar-refractivity contribution >= 4 is 11.9 Å². The third-order valence-corrected chi connectivity index (χ3v) is 3.55. The van der Waals surface area contributed by atoms with E-state index in [-0.39, 0.29) is 17.9 Å². The molecule has 1 amide bonds. The lowest BCUT2D eigenvalue weighted by Gasteiger charge is -2.21. The molecule has 1 heterocycles. The second-order valence-corrected chi connectivity index (χ2v) is 5.00. The monoisotopic (exact) mass is 292 g/mol. The summed E-state index contributed by atoms with van der Waals surface area (Å²) in [6.07, 6.45) is 0. The summed E-state index contributed by atoms with van der Waals surface area (Å²) < 4.78 is 5.32. The van der Waals surface area contributed by atoms with Crippen molar-refractivity contribution in [1.29, 1.82) is 0 Å². The van der Waals surface area contributed by atoms with Crippen LogP contribution in [0.25, 0.3) is 0 Å². The first-order valence-corrected chi connectivity index (χ1v) is 7.02. The van der Waals surface area contributed by atoms with Crippen LogP contribution in [-0.2, 0) is 14.3 Å². The molecule has 6 heteroatoms. The fourth-order valence-corrected chi connectivity index (χ4v) is 2.46. The van der Waals surface area contributed by atoms with Crippen LogP contribution in [0.4, 0.5) is 0 Å². The molecule has 0 bridgehead atoms. The number of amides is 1. The number of likely N-dealkylation sites (N-methyl/N-ethyl adjacent to an activating group) is 1. The van der Waals surface area contributed by atoms with Crippen molar-refractivity contribution in [3.63, 3.8) is 0 Å². The van der Waals surface area contributed by atoms with Crippen LogP contribution in [0.15, 0.2) is 30.3 Å². The van der Waals surface area contributed by atoms with E-state index in [1.807, 2.05) is 6.92 Å². The lowest BCUT2D eigenvalue weighted by Crippen LogP contribution is -2.46. The van der Waals surface area contributed by atoms with Crippen LogP contribution in [0.1, 0.15) is 18.5 Å². The molecule has 21 heavy (non-hydrogen) atoms. The Labute approximate surface area is 123 Å². The van der Waals surface area contributed by atoms with Crippen molar-refractivity contribution < 1.29 is 19.4 Å². The predicted molar refractivity (Wildman–Crippen MR) is 76.7 cm³/mol. The third kappa shape index (κ3) is 3.80. The molecule has 1 aromatic rings. The summed E-state index contributed by atoms with van der Waals surface area (Å²) in [6.45, 7) is 3.47. The molecular weight excluding hydrogens is 272 g/mol. The number of benzene rings is 1. The minimum Gasteiger partial charge on any atom is -0.479 e. The molecule has 1 aromatic carbocycles. The van der Waals surface area contributed by atoms with E-state index in [9.17, 15) is 14.7 Å². The van der Waals surface area contributed by atoms with E-state index in [2.05, 4.69) is 10.6 Å². The number of aliphatic carboxylic acids is 1. The van der Waals surface area contributed by atoms with Crippen molar-refractivity contribution in [1.82, 2.24) is 10.6 Å². The normalized spacial score (nSPS) is 22.7. The molecule has 0 radical (unpaired) electrons. The van der Waals surface area contributed by atoms with Crippen molar-refractivity contribution in [3.05, 3.63) is 35.9 Å². The van der Waals surface area contributed by atoms with E-state index in [1.54, 1.807) is 30.3 Å². The van der Waals surface area contributed by atoms with Crippen LogP contribution in [0.3, 0.4) is 0 Å². The zero-order valence-corrected chi connectivity index (χ0v) is 11.9. The molecule has 2 rings (SSSR count). The lowest BCUT2D eigenvalue weighted by atomic mass is 10.0. The average molecular weight is 292 g/mol. The Morgan fingerprint density at radius 1 is 1.33 bits per heavy atom. The molecule has 0 saturated carbocycles. The summed E-state index contributed by atoms with van der Waals surface area (Å²) in [6, 6.07) is 7.56. The first-order valence-electron chi connectivity index (χ1n) is 7.02. The molecule has 0 spiro atoms. The van der Waals surface area contributed by atoms with Gasteiger partial charge in [0.1, 0.15) is 0 Å². The van der Waals surface area contributed by atoms with E-state index >= 15 is 0 Å². The van der Waals surface area contributed by atoms with Gasteiger partial charge in [-0.1, -0.05) is 37.3 Å². The van der Waals surface area contributed by atoms with Crippen LogP contribution in [0.2, 0.25) is 0 Å². The average Bonchev–Trinajstić information content (AvgIpc) is 2.94. The van der Waals surface area contributed by atoms with Crippen LogP contribution in [0, 0.1) is 5.92 Å². The molecule has 6 nitrogen and oxygen atoms in total. The fourth-order valence-electron chi connectivity index (χ4n) is 2.46. The number of carbonyl (C=O) groups is 2. The topological polar surface area (TPSA) is 87.7 Å². The zero-order chi connectivity index (χ0) is 15.2. The number of carbonyl (C=O) groups excluding carboxylic acids is 1. The van der Waals surface area contributed by atoms with Crippen LogP contribution < -0.4 is 10.6 Å². The van der Waals surface area contributed by atoms with Gasteiger partial charge in [-0.2, -0.15) is 0 Å². The maximum atomic E-state index is 12.3. The molecule has 3 atom stereocenters. The Morgan fingerprint density at radius 2 is 2.05 bits per heavy atom. The predicted octanol–water partition coefficient (Wildman–Crippen LogP) is 0.553. The molecule has 1 saturated heterocycles. The SMILES string of the molecule is CCNC1COCC1C(=O)N[C@H](C(=O)O)c1ccccc1. The maximum absolute atomic E-state index is 12.3. The number of rotatable bonds is 6. The summed E-state index contributed by atoms with van der Waals surface area (Å²) >= 11 is 0. The molecule has 114 valence electrons. The van der Waals surface area contributed by atoms with Gasteiger partial charge in [-0.15, -0.1) is 0 Å². The number of nitrogens with one attached hydrogen (secondary N) is 2. The second-order valence-electron chi connectivity index (χ2n) is 5.00. The van der Waals surface area contributed by atoms with Gasteiger partial charge in [-0.3, -0.25) is 4.79 Å². The van der Waals surface area contributed by atoms with E-state index in [4.69, 9.17) is 4.74 Å². The number of hydrogen-bond acceptors (Lipinski definition) is 4. The molecule has 1 aliphatic heterocycles. The summed E-state index contributed by atoms with van der Waals surface area (Å²) in [5.41, 5.74) is 0.553. The number of hydrogen-bond donors (Lipinski definition) is 3. The van der Waals surface area contributed by atoms with E-state index in [0.717, 1.165) is 6.54 Å². The summed E-state index contributed by atoms with van der Waals surface area (Å²) in [4.78, 5) is 23.7. The fraction of sp³-hybridized carbons (Fsp3) is 0.467. The summed E-state index contributed by atoms with van der Waals surface area (Å²) in [5, 5.41) is 15.1. The number of ether oxygens (including phenoxy) is 1. The van der Waals surface area contributed by atoms with Gasteiger partial charge in [-0.05, 0) is 12.1 Å². The number of carboxylic acid groups (broad SMARTS) is 1. The van der Waals surface area contributed by atoms with Crippen molar-refractivity contribution in [2.75, 3.05) is 19.8 Å². The molecule has 0 aliphatic carbocycles. The second kappa shape index (κ2) is 7.19. The van der Waals surface area contributed by atoms with Gasteiger partial charge in [0.25, 0.3) is 0 Å². The van der Waals surface area contributed by atoms with Gasteiger partial charge < -0.3 is 20.5 Å². The van der Waals surface area contributed by atoms with Crippen LogP contribution >= 0.6 is 0 Å². The number of carboxylic acids is 1. The highest BCUT2D eigenvalue weighted by Gasteiger charge is 2.35. The lowest BCUT2D eigenvalue weighted by molar-refractivity contribution is -0.142. The standard InChI is InChI=1S/C15H20N2O4/c1-2-16-12-9-21-8-11(12)14(18)17-13(15(19)20)10-6-4-3-5-7-10/h3-7,11-13,16H,2,8-9H2,1H3,(H,17,18)(H,19,20)/t11?,12?,13-/m0/s1. The van der Waals surface area contributed by atoms with Crippen molar-refractivity contribution in [2.45, 2.75) is 19.0 Å². The van der Waals surface area contributed by atoms with Gasteiger partial charge in [0.05, 0.1) is 19.1 Å². The molecule has 2 unspecified atom stereocenters. The van der Waals surface area contributed by atoms with E-state index < -0.39 is 12.0 Å². The Hall–Kier alpha value is -1.92. The molecule has 1 fully saturated rings. The Bertz CT molecular complexity index is 492. The van der Waals surface area contributed by atoms with Gasteiger partial charge in [0.2, 0.25) is 5.91 Å². The maximum Gasteiger partial charge on any atom is 0.330 e. The van der Waals surface area contributed by atoms with Gasteiger partial charge in [0, 0.05) is 6.04 Å². The van der Waals surface area contributed by atoms with Gasteiger partial charge >= 0.3 is 5.97 Å². The van der Waals surface area contributed by atoms with Crippen molar-refractivity contribution in [2.24, 2.45) is 5.92 Å². The van der Waals surface area contributed by atoms with E-state index in [0.29, 0.717) is 18.8 Å². The first kappa shape index (κ1) is 15.5. The Kier molecular flexibility index (Phi) is 5.30. The van der Waals surface area contributed by atoms with E-state index in [1.165, 1.54) is 0 Å². The highest BCUT2D eigenvalue weighted by molar-refractivity contribution is 5.86. The minimum absolute atomic E-state index is 0.0692. The quantitative estimate of drug-likeness (QED) is 0.713. The van der Waals surface area contributed by atoms with Crippen molar-refractivity contribution in [3.8, 4) is 0 Å². The van der Waals surface area contributed by atoms with Crippen LogP contribution in [0.5, 0.6) is 0 Å². The summed E-state index contributed by atoms with van der Waals surface area (Å²) in [5.74, 6) is -1.74. The Morgan fingerprint density at radius 3 is 2.67 bits per heavy atom. The molecular formula is C15H20N2O4. The largest absolute Gasteiger partial charge is 0.479 e. The Balaban J connectivity index is 2.07. The third-order valence-electron chi connectivity index (χ3n) is 3.55. The zero-order valence-electron chi connectivity index (χ0n) is 11.9. The molecule has 0 aromatic heterocycles. The van der Waals surface area contributed by atoms with Crippen LogP contribution in [-0.4, -0.2) is 42.8 Å². The molecule has 3 N–H and O–H groups in total. The summed E-state index contributed by atoms with van der Waals surface area (Å²) in [7, 11) is 0. The smallest absolute Gasteiger partial charge is 0.330 e. The molecule has 1 aliphatic rings. The first-order chi connectivity index (χ1) is 10.1. The highest BCUT2D eigenvalue weighted by Crippen LogP contribution is 2.18.